The summed E-state index contributed by atoms with van der Waals surface area (Å²) in [6.07, 6.45) is 8.62. The number of hydrogen-bond donors (Lipinski definition) is 1. The molecule has 0 radical (unpaired) electrons. The first kappa shape index (κ1) is 13.3. The maximum absolute atomic E-state index is 10.7. The van der Waals surface area contributed by atoms with E-state index in [1.54, 1.807) is 7.11 Å². The summed E-state index contributed by atoms with van der Waals surface area (Å²) >= 11 is 0. The van der Waals surface area contributed by atoms with Gasteiger partial charge >= 0.3 is 0 Å². The Bertz CT molecular complexity index is 216. The summed E-state index contributed by atoms with van der Waals surface area (Å²) in [6.45, 7) is 1.59. The Morgan fingerprint density at radius 2 is 1.71 bits per heavy atom. The summed E-state index contributed by atoms with van der Waals surface area (Å²) in [6, 6.07) is 0. The van der Waals surface area contributed by atoms with Crippen LogP contribution in [0.5, 0.6) is 0 Å². The van der Waals surface area contributed by atoms with Crippen molar-refractivity contribution < 1.29 is 14.6 Å². The first-order valence-electron chi connectivity index (χ1n) is 7.09. The molecule has 1 saturated heterocycles. The van der Waals surface area contributed by atoms with E-state index in [1.165, 1.54) is 25.7 Å². The third-order valence-corrected chi connectivity index (χ3v) is 4.61. The highest BCUT2D eigenvalue weighted by molar-refractivity contribution is 4.93. The molecule has 0 spiro atoms. The zero-order valence-electron chi connectivity index (χ0n) is 11.0. The van der Waals surface area contributed by atoms with Gasteiger partial charge in [-0.3, -0.25) is 0 Å². The van der Waals surface area contributed by atoms with Crippen LogP contribution in [0.15, 0.2) is 0 Å². The molecule has 1 saturated carbocycles. The number of methoxy groups -OCH3 is 1. The zero-order valence-corrected chi connectivity index (χ0v) is 11.0. The lowest BCUT2D eigenvalue weighted by molar-refractivity contribution is -0.144. The first-order chi connectivity index (χ1) is 8.28. The van der Waals surface area contributed by atoms with Crippen LogP contribution in [0.3, 0.4) is 0 Å². The standard InChI is InChI=1S/C14H26O3/c1-16-14(8-4-2-3-5-9-14)13(15)12-6-10-17-11-7-12/h12-13,15H,2-11H2,1H3. The van der Waals surface area contributed by atoms with Crippen LogP contribution in [0.4, 0.5) is 0 Å². The molecule has 1 atom stereocenters. The molecule has 2 fully saturated rings. The highest BCUT2D eigenvalue weighted by Gasteiger charge is 2.42. The molecule has 2 rings (SSSR count). The van der Waals surface area contributed by atoms with E-state index in [1.807, 2.05) is 0 Å². The smallest absolute Gasteiger partial charge is 0.0939 e. The Morgan fingerprint density at radius 3 is 2.24 bits per heavy atom. The minimum absolute atomic E-state index is 0.279. The third kappa shape index (κ3) is 3.01. The average Bonchev–Trinajstić information content (AvgIpc) is 2.65. The summed E-state index contributed by atoms with van der Waals surface area (Å²) in [7, 11) is 1.77. The van der Waals surface area contributed by atoms with Crippen LogP contribution in [0.25, 0.3) is 0 Å². The first-order valence-corrected chi connectivity index (χ1v) is 7.09. The minimum atomic E-state index is -0.311. The van der Waals surface area contributed by atoms with Crippen molar-refractivity contribution in [1.29, 1.82) is 0 Å². The molecule has 0 bridgehead atoms. The predicted octanol–water partition coefficient (Wildman–Crippen LogP) is 2.51. The molecule has 0 aromatic carbocycles. The summed E-state index contributed by atoms with van der Waals surface area (Å²) in [5.41, 5.74) is -0.279. The fourth-order valence-corrected chi connectivity index (χ4v) is 3.41. The molecule has 1 unspecified atom stereocenters. The van der Waals surface area contributed by atoms with Crippen molar-refractivity contribution in [3.05, 3.63) is 0 Å². The molecule has 1 aliphatic carbocycles. The van der Waals surface area contributed by atoms with Gasteiger partial charge in [-0.15, -0.1) is 0 Å². The van der Waals surface area contributed by atoms with Gasteiger partial charge in [0.05, 0.1) is 11.7 Å². The predicted molar refractivity (Wildman–Crippen MR) is 67.0 cm³/mol. The number of hydrogen-bond acceptors (Lipinski definition) is 3. The number of aliphatic hydroxyl groups is 1. The second kappa shape index (κ2) is 6.17. The maximum Gasteiger partial charge on any atom is 0.0939 e. The molecule has 3 heteroatoms. The van der Waals surface area contributed by atoms with Gasteiger partial charge in [-0.05, 0) is 31.6 Å². The lowest BCUT2D eigenvalue weighted by Gasteiger charge is -2.41. The average molecular weight is 242 g/mol. The van der Waals surface area contributed by atoms with E-state index in [0.717, 1.165) is 38.9 Å². The molecule has 17 heavy (non-hydrogen) atoms. The second-order valence-electron chi connectivity index (χ2n) is 5.58. The van der Waals surface area contributed by atoms with E-state index >= 15 is 0 Å². The van der Waals surface area contributed by atoms with Crippen molar-refractivity contribution in [2.45, 2.75) is 63.1 Å². The van der Waals surface area contributed by atoms with Crippen LogP contribution >= 0.6 is 0 Å². The van der Waals surface area contributed by atoms with Crippen molar-refractivity contribution in [1.82, 2.24) is 0 Å². The summed E-state index contributed by atoms with van der Waals surface area (Å²) in [5.74, 6) is 0.363. The molecule has 2 aliphatic rings. The molecular formula is C14H26O3. The minimum Gasteiger partial charge on any atom is -0.390 e. The Labute approximate surface area is 104 Å². The van der Waals surface area contributed by atoms with Gasteiger partial charge in [-0.25, -0.2) is 0 Å². The van der Waals surface area contributed by atoms with Crippen molar-refractivity contribution in [3.8, 4) is 0 Å². The van der Waals surface area contributed by atoms with Crippen molar-refractivity contribution in [3.63, 3.8) is 0 Å². The van der Waals surface area contributed by atoms with Crippen LogP contribution in [0.1, 0.15) is 51.4 Å². The molecule has 3 nitrogen and oxygen atoms in total. The van der Waals surface area contributed by atoms with Gasteiger partial charge in [-0.2, -0.15) is 0 Å². The number of aliphatic hydroxyl groups excluding tert-OH is 1. The highest BCUT2D eigenvalue weighted by atomic mass is 16.5. The molecule has 100 valence electrons. The van der Waals surface area contributed by atoms with E-state index in [0.29, 0.717) is 5.92 Å². The Balaban J connectivity index is 2.03. The van der Waals surface area contributed by atoms with Gasteiger partial charge in [-0.1, -0.05) is 25.7 Å². The van der Waals surface area contributed by atoms with Crippen molar-refractivity contribution in [2.75, 3.05) is 20.3 Å². The van der Waals surface area contributed by atoms with Crippen molar-refractivity contribution in [2.24, 2.45) is 5.92 Å². The third-order valence-electron chi connectivity index (χ3n) is 4.61. The van der Waals surface area contributed by atoms with Gasteiger partial charge in [0.2, 0.25) is 0 Å². The zero-order chi connectivity index (χ0) is 12.1. The van der Waals surface area contributed by atoms with Crippen LogP contribution in [0.2, 0.25) is 0 Å². The van der Waals surface area contributed by atoms with E-state index < -0.39 is 0 Å². The van der Waals surface area contributed by atoms with Gasteiger partial charge in [0.25, 0.3) is 0 Å². The van der Waals surface area contributed by atoms with Gasteiger partial charge < -0.3 is 14.6 Å². The Kier molecular flexibility index (Phi) is 4.83. The van der Waals surface area contributed by atoms with Crippen LogP contribution in [0, 0.1) is 5.92 Å². The second-order valence-corrected chi connectivity index (χ2v) is 5.58. The molecule has 1 N–H and O–H groups in total. The SMILES string of the molecule is COC1(C(O)C2CCOCC2)CCCCCC1. The van der Waals surface area contributed by atoms with E-state index in [9.17, 15) is 5.11 Å². The van der Waals surface area contributed by atoms with Crippen molar-refractivity contribution >= 4 is 0 Å². The van der Waals surface area contributed by atoms with E-state index in [4.69, 9.17) is 9.47 Å². The van der Waals surface area contributed by atoms with Crippen LogP contribution in [-0.4, -0.2) is 37.1 Å². The molecule has 1 aliphatic heterocycles. The lowest BCUT2D eigenvalue weighted by Crippen LogP contribution is -2.49. The number of ether oxygens (including phenoxy) is 2. The summed E-state index contributed by atoms with van der Waals surface area (Å²) in [5, 5.41) is 10.7. The molecular weight excluding hydrogens is 216 g/mol. The fraction of sp³-hybridized carbons (Fsp3) is 1.00. The van der Waals surface area contributed by atoms with Gasteiger partial charge in [0, 0.05) is 20.3 Å². The topological polar surface area (TPSA) is 38.7 Å². The highest BCUT2D eigenvalue weighted by Crippen LogP contribution is 2.38. The summed E-state index contributed by atoms with van der Waals surface area (Å²) in [4.78, 5) is 0. The van der Waals surface area contributed by atoms with E-state index in [2.05, 4.69) is 0 Å². The monoisotopic (exact) mass is 242 g/mol. The maximum atomic E-state index is 10.7. The van der Waals surface area contributed by atoms with Crippen LogP contribution < -0.4 is 0 Å². The molecule has 0 aromatic heterocycles. The van der Waals surface area contributed by atoms with Gasteiger partial charge in [0.15, 0.2) is 0 Å². The lowest BCUT2D eigenvalue weighted by atomic mass is 9.78. The largest absolute Gasteiger partial charge is 0.390 e. The van der Waals surface area contributed by atoms with Crippen LogP contribution in [-0.2, 0) is 9.47 Å². The molecule has 1 heterocycles. The quantitative estimate of drug-likeness (QED) is 0.773. The van der Waals surface area contributed by atoms with E-state index in [-0.39, 0.29) is 11.7 Å². The normalized spacial score (nSPS) is 28.6. The fourth-order valence-electron chi connectivity index (χ4n) is 3.41. The Morgan fingerprint density at radius 1 is 1.12 bits per heavy atom. The molecule has 0 amide bonds. The van der Waals surface area contributed by atoms with Gasteiger partial charge in [0.1, 0.15) is 0 Å². The Hall–Kier alpha value is -0.120. The molecule has 0 aromatic rings. The summed E-state index contributed by atoms with van der Waals surface area (Å²) < 4.78 is 11.2. The number of rotatable bonds is 3.